The van der Waals surface area contributed by atoms with Crippen LogP contribution in [-0.2, 0) is 6.54 Å². The zero-order valence-corrected chi connectivity index (χ0v) is 16.1. The maximum Gasteiger partial charge on any atom is 0.0210 e. The van der Waals surface area contributed by atoms with Crippen molar-refractivity contribution in [2.75, 3.05) is 0 Å². The monoisotopic (exact) mass is 347 g/mol. The van der Waals surface area contributed by atoms with Crippen LogP contribution in [0.1, 0.15) is 26.3 Å². The van der Waals surface area contributed by atoms with Crippen molar-refractivity contribution in [2.24, 2.45) is 0 Å². The Labute approximate surface area is 152 Å². The molecule has 3 aromatic rings. The van der Waals surface area contributed by atoms with Gasteiger partial charge in [-0.3, -0.25) is 0 Å². The van der Waals surface area contributed by atoms with Crippen LogP contribution < -0.4 is 21.2 Å². The van der Waals surface area contributed by atoms with E-state index in [0.29, 0.717) is 0 Å². The largest absolute Gasteiger partial charge is 0.308 e. The molecule has 3 rings (SSSR count). The summed E-state index contributed by atoms with van der Waals surface area (Å²) in [7, 11) is -0.511. The Morgan fingerprint density at radius 3 is 1.52 bits per heavy atom. The van der Waals surface area contributed by atoms with E-state index in [9.17, 15) is 0 Å². The highest BCUT2D eigenvalue weighted by molar-refractivity contribution is 7.79. The molecular formula is C23H26NP. The Balaban J connectivity index is 1.89. The van der Waals surface area contributed by atoms with Crippen molar-refractivity contribution in [3.8, 4) is 0 Å². The van der Waals surface area contributed by atoms with Crippen molar-refractivity contribution in [1.29, 1.82) is 0 Å². The van der Waals surface area contributed by atoms with Crippen LogP contribution in [0.2, 0.25) is 0 Å². The minimum absolute atomic E-state index is 0.138. The first-order valence-corrected chi connectivity index (χ1v) is 10.1. The average Bonchev–Trinajstić information content (AvgIpc) is 2.62. The van der Waals surface area contributed by atoms with Gasteiger partial charge in [0.1, 0.15) is 0 Å². The molecule has 0 heterocycles. The van der Waals surface area contributed by atoms with Gasteiger partial charge >= 0.3 is 0 Å². The quantitative estimate of drug-likeness (QED) is 0.677. The van der Waals surface area contributed by atoms with Crippen LogP contribution in [0.4, 0.5) is 0 Å². The van der Waals surface area contributed by atoms with E-state index in [1.54, 1.807) is 0 Å². The Kier molecular flexibility index (Phi) is 5.68. The molecule has 0 radical (unpaired) electrons. The summed E-state index contributed by atoms with van der Waals surface area (Å²) in [5, 5.41) is 7.74. The third-order valence-electron chi connectivity index (χ3n) is 4.05. The van der Waals surface area contributed by atoms with Gasteiger partial charge in [0.15, 0.2) is 0 Å². The first kappa shape index (κ1) is 17.9. The van der Waals surface area contributed by atoms with Gasteiger partial charge < -0.3 is 5.32 Å². The molecule has 0 saturated carbocycles. The Morgan fingerprint density at radius 1 is 0.640 bits per heavy atom. The Hall–Kier alpha value is -1.95. The molecule has 0 saturated heterocycles. The minimum atomic E-state index is -0.511. The van der Waals surface area contributed by atoms with E-state index in [-0.39, 0.29) is 5.54 Å². The minimum Gasteiger partial charge on any atom is -0.308 e. The van der Waals surface area contributed by atoms with Crippen LogP contribution in [0.25, 0.3) is 0 Å². The van der Waals surface area contributed by atoms with E-state index in [1.807, 2.05) is 0 Å². The highest BCUT2D eigenvalue weighted by Crippen LogP contribution is 2.32. The van der Waals surface area contributed by atoms with Crippen molar-refractivity contribution in [1.82, 2.24) is 5.32 Å². The van der Waals surface area contributed by atoms with Crippen LogP contribution in [0.15, 0.2) is 84.9 Å². The van der Waals surface area contributed by atoms with Crippen molar-refractivity contribution in [3.05, 3.63) is 90.5 Å². The van der Waals surface area contributed by atoms with E-state index in [2.05, 4.69) is 111 Å². The molecule has 0 aliphatic rings. The number of rotatable bonds is 5. The highest BCUT2D eigenvalue weighted by atomic mass is 31.1. The molecule has 1 N–H and O–H groups in total. The van der Waals surface area contributed by atoms with Gasteiger partial charge in [0, 0.05) is 12.1 Å². The summed E-state index contributed by atoms with van der Waals surface area (Å²) < 4.78 is 0. The first-order chi connectivity index (χ1) is 12.0. The molecule has 1 nitrogen and oxygen atoms in total. The van der Waals surface area contributed by atoms with E-state index in [1.165, 1.54) is 21.5 Å². The molecule has 0 amide bonds. The first-order valence-electron chi connectivity index (χ1n) is 8.77. The predicted molar refractivity (Wildman–Crippen MR) is 112 cm³/mol. The molecule has 0 fully saturated rings. The normalized spacial score (nSPS) is 11.7. The fraction of sp³-hybridized carbons (Fsp3) is 0.217. The van der Waals surface area contributed by atoms with Gasteiger partial charge in [-0.1, -0.05) is 84.9 Å². The number of benzene rings is 3. The zero-order chi connectivity index (χ0) is 17.7. The SMILES string of the molecule is CC(C)(C)NCc1ccc(P(c2ccccc2)c2ccccc2)cc1. The molecule has 0 aromatic heterocycles. The summed E-state index contributed by atoms with van der Waals surface area (Å²) in [5.41, 5.74) is 1.47. The van der Waals surface area contributed by atoms with Crippen molar-refractivity contribution < 1.29 is 0 Å². The topological polar surface area (TPSA) is 12.0 Å². The lowest BCUT2D eigenvalue weighted by atomic mass is 10.1. The third kappa shape index (κ3) is 5.01. The van der Waals surface area contributed by atoms with Gasteiger partial charge in [0.05, 0.1) is 0 Å². The molecule has 128 valence electrons. The maximum atomic E-state index is 3.56. The lowest BCUT2D eigenvalue weighted by Crippen LogP contribution is -2.35. The van der Waals surface area contributed by atoms with Gasteiger partial charge in [-0.25, -0.2) is 0 Å². The lowest BCUT2D eigenvalue weighted by molar-refractivity contribution is 0.424. The van der Waals surface area contributed by atoms with E-state index in [0.717, 1.165) is 6.54 Å². The second-order valence-corrected chi connectivity index (χ2v) is 9.50. The van der Waals surface area contributed by atoms with Gasteiger partial charge in [-0.2, -0.15) is 0 Å². The summed E-state index contributed by atoms with van der Waals surface area (Å²) in [4.78, 5) is 0. The van der Waals surface area contributed by atoms with Gasteiger partial charge in [-0.05, 0) is 50.2 Å². The van der Waals surface area contributed by atoms with E-state index < -0.39 is 7.92 Å². The molecule has 0 spiro atoms. The van der Waals surface area contributed by atoms with Crippen LogP contribution in [0.3, 0.4) is 0 Å². The summed E-state index contributed by atoms with van der Waals surface area (Å²) in [5.74, 6) is 0. The number of hydrogen-bond donors (Lipinski definition) is 1. The van der Waals surface area contributed by atoms with Crippen molar-refractivity contribution in [3.63, 3.8) is 0 Å². The second-order valence-electron chi connectivity index (χ2n) is 7.28. The highest BCUT2D eigenvalue weighted by Gasteiger charge is 2.16. The van der Waals surface area contributed by atoms with Crippen LogP contribution in [0.5, 0.6) is 0 Å². The molecule has 0 aliphatic carbocycles. The number of nitrogens with one attached hydrogen (secondary N) is 1. The van der Waals surface area contributed by atoms with Gasteiger partial charge in [0.2, 0.25) is 0 Å². The molecule has 0 atom stereocenters. The summed E-state index contributed by atoms with van der Waals surface area (Å²) >= 11 is 0. The Bertz CT molecular complexity index is 734. The number of hydrogen-bond acceptors (Lipinski definition) is 1. The predicted octanol–water partition coefficient (Wildman–Crippen LogP) is 4.33. The Morgan fingerprint density at radius 2 is 1.08 bits per heavy atom. The summed E-state index contributed by atoms with van der Waals surface area (Å²) in [6.07, 6.45) is 0. The van der Waals surface area contributed by atoms with Gasteiger partial charge in [0.25, 0.3) is 0 Å². The van der Waals surface area contributed by atoms with Crippen LogP contribution >= 0.6 is 7.92 Å². The molecule has 2 heteroatoms. The van der Waals surface area contributed by atoms with E-state index in [4.69, 9.17) is 0 Å². The van der Waals surface area contributed by atoms with E-state index >= 15 is 0 Å². The zero-order valence-electron chi connectivity index (χ0n) is 15.2. The molecular weight excluding hydrogens is 321 g/mol. The third-order valence-corrected chi connectivity index (χ3v) is 6.49. The lowest BCUT2D eigenvalue weighted by Gasteiger charge is -2.22. The molecule has 25 heavy (non-hydrogen) atoms. The standard InChI is InChI=1S/C23H26NP/c1-23(2,3)24-18-19-14-16-22(17-15-19)25(20-10-6-4-7-11-20)21-12-8-5-9-13-21/h4-17,24H,18H2,1-3H3. The summed E-state index contributed by atoms with van der Waals surface area (Å²) in [6.45, 7) is 7.50. The molecule has 3 aromatic carbocycles. The van der Waals surface area contributed by atoms with Gasteiger partial charge in [-0.15, -0.1) is 0 Å². The summed E-state index contributed by atoms with van der Waals surface area (Å²) in [6, 6.07) is 30.8. The fourth-order valence-electron chi connectivity index (χ4n) is 2.73. The smallest absolute Gasteiger partial charge is 0.0210 e. The molecule has 0 bridgehead atoms. The van der Waals surface area contributed by atoms with Crippen molar-refractivity contribution >= 4 is 23.8 Å². The van der Waals surface area contributed by atoms with Crippen LogP contribution in [0, 0.1) is 0 Å². The molecule has 0 aliphatic heterocycles. The molecule has 0 unspecified atom stereocenters. The van der Waals surface area contributed by atoms with Crippen molar-refractivity contribution in [2.45, 2.75) is 32.9 Å². The average molecular weight is 347 g/mol. The maximum absolute atomic E-state index is 3.56. The van der Waals surface area contributed by atoms with Crippen LogP contribution in [-0.4, -0.2) is 5.54 Å². The second kappa shape index (κ2) is 7.95. The fourth-order valence-corrected chi connectivity index (χ4v) is 5.01.